The maximum absolute atomic E-state index is 12.3. The maximum Gasteiger partial charge on any atom is 0.253 e. The number of carbonyl (C=O) groups excluding carboxylic acids is 1. The summed E-state index contributed by atoms with van der Waals surface area (Å²) in [7, 11) is -3.46. The van der Waals surface area contributed by atoms with Gasteiger partial charge in [-0.2, -0.15) is 0 Å². The second-order valence-corrected chi connectivity index (χ2v) is 7.54. The monoisotopic (exact) mass is 362 g/mol. The van der Waals surface area contributed by atoms with Gasteiger partial charge >= 0.3 is 0 Å². The third kappa shape index (κ3) is 5.79. The van der Waals surface area contributed by atoms with Crippen LogP contribution in [-0.2, 0) is 10.0 Å². The molecule has 0 radical (unpaired) electrons. The molecule has 2 rings (SSSR count). The van der Waals surface area contributed by atoms with Crippen molar-refractivity contribution in [2.75, 3.05) is 24.1 Å². The molecule has 0 aliphatic carbocycles. The van der Waals surface area contributed by atoms with Crippen LogP contribution >= 0.6 is 0 Å². The highest BCUT2D eigenvalue weighted by molar-refractivity contribution is 7.92. The lowest BCUT2D eigenvalue weighted by atomic mass is 10.1. The van der Waals surface area contributed by atoms with Crippen molar-refractivity contribution in [3.8, 4) is 5.75 Å². The minimum absolute atomic E-state index is 0.248. The molecule has 0 aliphatic heterocycles. The Labute approximate surface area is 148 Å². The summed E-state index contributed by atoms with van der Waals surface area (Å²) in [6.45, 7) is 4.60. The normalized spacial score (nSPS) is 11.0. The zero-order valence-electron chi connectivity index (χ0n) is 14.5. The fraction of sp³-hybridized carbons (Fsp3) is 0.278. The van der Waals surface area contributed by atoms with Crippen LogP contribution in [0.15, 0.2) is 42.5 Å². The maximum atomic E-state index is 12.3. The van der Waals surface area contributed by atoms with E-state index in [0.717, 1.165) is 23.1 Å². The van der Waals surface area contributed by atoms with Gasteiger partial charge in [-0.1, -0.05) is 29.8 Å². The molecule has 0 aliphatic rings. The first-order chi connectivity index (χ1) is 11.8. The molecule has 2 aromatic carbocycles. The molecular formula is C18H22N2O4S. The lowest BCUT2D eigenvalue weighted by molar-refractivity contribution is 0.0948. The molecule has 0 heterocycles. The number of para-hydroxylation sites is 1. The molecule has 0 saturated carbocycles. The van der Waals surface area contributed by atoms with E-state index in [4.69, 9.17) is 4.74 Å². The third-order valence-corrected chi connectivity index (χ3v) is 4.03. The van der Waals surface area contributed by atoms with Crippen molar-refractivity contribution in [1.29, 1.82) is 0 Å². The predicted octanol–water partition coefficient (Wildman–Crippen LogP) is 2.48. The Balaban J connectivity index is 1.92. The fourth-order valence-electron chi connectivity index (χ4n) is 2.35. The summed E-state index contributed by atoms with van der Waals surface area (Å²) in [6.07, 6.45) is 1.04. The molecule has 134 valence electrons. The van der Waals surface area contributed by atoms with Crippen LogP contribution in [0, 0.1) is 13.8 Å². The summed E-state index contributed by atoms with van der Waals surface area (Å²) in [5.74, 6) is 0.412. The van der Waals surface area contributed by atoms with E-state index in [2.05, 4.69) is 10.0 Å². The summed E-state index contributed by atoms with van der Waals surface area (Å²) in [5.41, 5.74) is 2.71. The van der Waals surface area contributed by atoms with Crippen LogP contribution in [0.25, 0.3) is 0 Å². The van der Waals surface area contributed by atoms with Gasteiger partial charge in [-0.3, -0.25) is 9.52 Å². The number of anilines is 1. The van der Waals surface area contributed by atoms with Crippen LogP contribution in [0.4, 0.5) is 5.69 Å². The van der Waals surface area contributed by atoms with Gasteiger partial charge < -0.3 is 10.1 Å². The average molecular weight is 362 g/mol. The molecule has 25 heavy (non-hydrogen) atoms. The summed E-state index contributed by atoms with van der Waals surface area (Å²) in [6, 6.07) is 12.3. The van der Waals surface area contributed by atoms with Crippen LogP contribution in [0.2, 0.25) is 0 Å². The second kappa shape index (κ2) is 8.02. The second-order valence-electron chi connectivity index (χ2n) is 5.79. The van der Waals surface area contributed by atoms with Gasteiger partial charge in [0, 0.05) is 0 Å². The van der Waals surface area contributed by atoms with E-state index < -0.39 is 10.0 Å². The van der Waals surface area contributed by atoms with Crippen LogP contribution in [0.1, 0.15) is 21.5 Å². The molecule has 0 saturated heterocycles. The van der Waals surface area contributed by atoms with Gasteiger partial charge in [0.25, 0.3) is 5.91 Å². The molecule has 0 bridgehead atoms. The number of hydrogen-bond donors (Lipinski definition) is 2. The summed E-state index contributed by atoms with van der Waals surface area (Å²) in [5, 5.41) is 2.73. The zero-order chi connectivity index (χ0) is 18.4. The minimum atomic E-state index is -3.46. The number of ether oxygens (including phenoxy) is 1. The molecular weight excluding hydrogens is 340 g/mol. The van der Waals surface area contributed by atoms with E-state index in [0.29, 0.717) is 13.2 Å². The topological polar surface area (TPSA) is 84.5 Å². The van der Waals surface area contributed by atoms with Gasteiger partial charge in [-0.15, -0.1) is 0 Å². The smallest absolute Gasteiger partial charge is 0.253 e. The van der Waals surface area contributed by atoms with E-state index in [9.17, 15) is 13.2 Å². The standard InChI is InChI=1S/C18H22N2O4S/c1-13-8-9-17(14(2)12-13)24-11-10-19-18(21)15-6-4-5-7-16(15)20-25(3,22)23/h4-9,12,20H,10-11H2,1-3H3,(H,19,21). The van der Waals surface area contributed by atoms with Gasteiger partial charge in [0.2, 0.25) is 10.0 Å². The SMILES string of the molecule is Cc1ccc(OCCNC(=O)c2ccccc2NS(C)(=O)=O)c(C)c1. The van der Waals surface area contributed by atoms with E-state index in [-0.39, 0.29) is 17.2 Å². The molecule has 0 atom stereocenters. The van der Waals surface area contributed by atoms with Crippen molar-refractivity contribution in [3.05, 3.63) is 59.2 Å². The van der Waals surface area contributed by atoms with Crippen molar-refractivity contribution in [2.45, 2.75) is 13.8 Å². The quantitative estimate of drug-likeness (QED) is 0.741. The predicted molar refractivity (Wildman–Crippen MR) is 98.7 cm³/mol. The van der Waals surface area contributed by atoms with Gasteiger partial charge in [-0.05, 0) is 37.6 Å². The van der Waals surface area contributed by atoms with E-state index in [1.54, 1.807) is 24.3 Å². The fourth-order valence-corrected chi connectivity index (χ4v) is 2.93. The van der Waals surface area contributed by atoms with Gasteiger partial charge in [0.05, 0.1) is 24.1 Å². The molecule has 6 nitrogen and oxygen atoms in total. The van der Waals surface area contributed by atoms with Crippen LogP contribution in [-0.4, -0.2) is 33.7 Å². The molecule has 7 heteroatoms. The lowest BCUT2D eigenvalue weighted by Crippen LogP contribution is -2.29. The number of benzene rings is 2. The highest BCUT2D eigenvalue weighted by Crippen LogP contribution is 2.18. The van der Waals surface area contributed by atoms with Gasteiger partial charge in [0.15, 0.2) is 0 Å². The number of amides is 1. The molecule has 0 spiro atoms. The number of hydrogen-bond acceptors (Lipinski definition) is 4. The number of sulfonamides is 1. The van der Waals surface area contributed by atoms with E-state index >= 15 is 0 Å². The molecule has 2 aromatic rings. The number of rotatable bonds is 7. The molecule has 2 N–H and O–H groups in total. The molecule has 1 amide bonds. The summed E-state index contributed by atoms with van der Waals surface area (Å²) in [4.78, 5) is 12.3. The van der Waals surface area contributed by atoms with Crippen molar-refractivity contribution in [3.63, 3.8) is 0 Å². The zero-order valence-corrected chi connectivity index (χ0v) is 15.3. The van der Waals surface area contributed by atoms with Crippen LogP contribution in [0.3, 0.4) is 0 Å². The molecule has 0 aromatic heterocycles. The van der Waals surface area contributed by atoms with E-state index in [1.165, 1.54) is 0 Å². The molecule has 0 fully saturated rings. The molecule has 0 unspecified atom stereocenters. The van der Waals surface area contributed by atoms with Gasteiger partial charge in [-0.25, -0.2) is 8.42 Å². The average Bonchev–Trinajstić information content (AvgIpc) is 2.52. The summed E-state index contributed by atoms with van der Waals surface area (Å²) >= 11 is 0. The highest BCUT2D eigenvalue weighted by Gasteiger charge is 2.13. The Hall–Kier alpha value is -2.54. The first-order valence-corrected chi connectivity index (χ1v) is 9.70. The Bertz CT molecular complexity index is 863. The third-order valence-electron chi connectivity index (χ3n) is 3.44. The van der Waals surface area contributed by atoms with Crippen molar-refractivity contribution in [1.82, 2.24) is 5.32 Å². The van der Waals surface area contributed by atoms with Crippen molar-refractivity contribution < 1.29 is 17.9 Å². The van der Waals surface area contributed by atoms with Crippen molar-refractivity contribution in [2.24, 2.45) is 0 Å². The van der Waals surface area contributed by atoms with Crippen molar-refractivity contribution >= 4 is 21.6 Å². The van der Waals surface area contributed by atoms with Crippen LogP contribution < -0.4 is 14.8 Å². The largest absolute Gasteiger partial charge is 0.491 e. The minimum Gasteiger partial charge on any atom is -0.491 e. The van der Waals surface area contributed by atoms with E-state index in [1.807, 2.05) is 32.0 Å². The first-order valence-electron chi connectivity index (χ1n) is 7.81. The Morgan fingerprint density at radius 3 is 2.52 bits per heavy atom. The first kappa shape index (κ1) is 18.8. The lowest BCUT2D eigenvalue weighted by Gasteiger charge is -2.12. The highest BCUT2D eigenvalue weighted by atomic mass is 32.2. The number of nitrogens with one attached hydrogen (secondary N) is 2. The van der Waals surface area contributed by atoms with Crippen LogP contribution in [0.5, 0.6) is 5.75 Å². The number of carbonyl (C=O) groups is 1. The summed E-state index contributed by atoms with van der Waals surface area (Å²) < 4.78 is 30.8. The Morgan fingerprint density at radius 2 is 1.84 bits per heavy atom. The number of aryl methyl sites for hydroxylation is 2. The Morgan fingerprint density at radius 1 is 1.12 bits per heavy atom. The van der Waals surface area contributed by atoms with Gasteiger partial charge in [0.1, 0.15) is 12.4 Å². The Kier molecular flexibility index (Phi) is 6.03.